The van der Waals surface area contributed by atoms with Crippen molar-refractivity contribution in [3.63, 3.8) is 0 Å². The van der Waals surface area contributed by atoms with Crippen molar-refractivity contribution in [2.75, 3.05) is 0 Å². The number of aromatic nitrogens is 1. The lowest BCUT2D eigenvalue weighted by atomic mass is 9.77. The van der Waals surface area contributed by atoms with Crippen LogP contribution >= 0.6 is 11.3 Å². The first-order valence-corrected chi connectivity index (χ1v) is 16.9. The molecule has 0 saturated carbocycles. The van der Waals surface area contributed by atoms with E-state index in [2.05, 4.69) is 151 Å². The lowest BCUT2D eigenvalue weighted by molar-refractivity contribution is 1.21. The third-order valence-electron chi connectivity index (χ3n) is 10.2. The summed E-state index contributed by atoms with van der Waals surface area (Å²) in [5, 5.41) is 7.64. The molecule has 2 heterocycles. The molecule has 0 atom stereocenters. The normalized spacial score (nSPS) is 14.2. The molecule has 0 unspecified atom stereocenters. The maximum atomic E-state index is 4.59. The van der Waals surface area contributed by atoms with Gasteiger partial charge in [-0.1, -0.05) is 135 Å². The van der Waals surface area contributed by atoms with E-state index in [0.29, 0.717) is 0 Å². The fourth-order valence-electron chi connectivity index (χ4n) is 8.07. The van der Waals surface area contributed by atoms with Crippen molar-refractivity contribution < 1.29 is 0 Å². The first-order valence-electron chi connectivity index (χ1n) is 16.1. The van der Waals surface area contributed by atoms with E-state index >= 15 is 0 Å². The summed E-state index contributed by atoms with van der Waals surface area (Å²) in [4.78, 5) is 0. The van der Waals surface area contributed by atoms with Gasteiger partial charge in [-0.25, -0.2) is 0 Å². The fourth-order valence-corrected chi connectivity index (χ4v) is 9.31. The molecule has 2 aromatic heterocycles. The first-order chi connectivity index (χ1) is 23.2. The Balaban J connectivity index is 1.28. The van der Waals surface area contributed by atoms with Crippen LogP contribution in [0.15, 0.2) is 152 Å². The van der Waals surface area contributed by atoms with Gasteiger partial charge < -0.3 is 4.57 Å². The molecule has 220 valence electrons. The molecule has 0 fully saturated rings. The van der Waals surface area contributed by atoms with E-state index in [1.807, 2.05) is 17.4 Å². The topological polar surface area (TPSA) is 4.93 Å². The Labute approximate surface area is 277 Å². The Morgan fingerprint density at radius 2 is 1.28 bits per heavy atom. The van der Waals surface area contributed by atoms with Gasteiger partial charge in [-0.15, -0.1) is 11.3 Å². The van der Waals surface area contributed by atoms with Gasteiger partial charge in [0.2, 0.25) is 0 Å². The van der Waals surface area contributed by atoms with Crippen LogP contribution in [0, 0.1) is 0 Å². The van der Waals surface area contributed by atoms with E-state index < -0.39 is 0 Å². The SMILES string of the molecule is C=Cc1c(-c2ccc(-n3c4ccccc4c4ccc5c6ccccc6sc5c43)c3ccccc23)ccc2c1C(=C)C1=CC=CC=C2C1. The second-order valence-corrected chi connectivity index (χ2v) is 13.6. The quantitative estimate of drug-likeness (QED) is 0.186. The summed E-state index contributed by atoms with van der Waals surface area (Å²) in [6.45, 7) is 8.92. The molecular formula is C45H29NS. The summed E-state index contributed by atoms with van der Waals surface area (Å²) in [5.41, 5.74) is 13.4. The summed E-state index contributed by atoms with van der Waals surface area (Å²) in [6, 6.07) is 40.3. The van der Waals surface area contributed by atoms with Gasteiger partial charge in [-0.05, 0) is 74.5 Å². The van der Waals surface area contributed by atoms with Gasteiger partial charge >= 0.3 is 0 Å². The summed E-state index contributed by atoms with van der Waals surface area (Å²) in [5.74, 6) is 0. The van der Waals surface area contributed by atoms with Gasteiger partial charge in [0.1, 0.15) is 0 Å². The summed E-state index contributed by atoms with van der Waals surface area (Å²) in [6.07, 6.45) is 11.7. The fraction of sp³-hybridized carbons (Fsp3) is 0.0222. The Morgan fingerprint density at radius 1 is 0.596 bits per heavy atom. The van der Waals surface area contributed by atoms with Crippen molar-refractivity contribution in [3.8, 4) is 16.8 Å². The van der Waals surface area contributed by atoms with Crippen LogP contribution in [0.25, 0.3) is 86.8 Å². The predicted octanol–water partition coefficient (Wildman–Crippen LogP) is 12.9. The van der Waals surface area contributed by atoms with E-state index in [1.165, 1.54) is 91.8 Å². The number of rotatable bonds is 3. The van der Waals surface area contributed by atoms with Gasteiger partial charge in [-0.2, -0.15) is 0 Å². The second-order valence-electron chi connectivity index (χ2n) is 12.5. The molecule has 2 aliphatic carbocycles. The zero-order valence-corrected chi connectivity index (χ0v) is 26.6. The van der Waals surface area contributed by atoms with E-state index in [4.69, 9.17) is 0 Å². The Kier molecular flexibility index (Phi) is 5.58. The minimum Gasteiger partial charge on any atom is -0.307 e. The van der Waals surface area contributed by atoms with Crippen LogP contribution in [0.5, 0.6) is 0 Å². The highest BCUT2D eigenvalue weighted by Crippen LogP contribution is 2.48. The zero-order valence-electron chi connectivity index (χ0n) is 25.8. The second kappa shape index (κ2) is 9.90. The number of fused-ring (bicyclic) bond motifs is 12. The van der Waals surface area contributed by atoms with Crippen LogP contribution in [0.3, 0.4) is 0 Å². The highest BCUT2D eigenvalue weighted by molar-refractivity contribution is 7.26. The highest BCUT2D eigenvalue weighted by Gasteiger charge is 2.26. The van der Waals surface area contributed by atoms with Gasteiger partial charge in [0.25, 0.3) is 0 Å². The van der Waals surface area contributed by atoms with Crippen LogP contribution in [-0.4, -0.2) is 4.57 Å². The molecule has 47 heavy (non-hydrogen) atoms. The first kappa shape index (κ1) is 26.5. The van der Waals surface area contributed by atoms with E-state index in [-0.39, 0.29) is 0 Å². The Morgan fingerprint density at radius 3 is 2.13 bits per heavy atom. The number of hydrogen-bond acceptors (Lipinski definition) is 1. The Hall–Kier alpha value is -5.70. The van der Waals surface area contributed by atoms with Crippen molar-refractivity contribution in [1.82, 2.24) is 4.57 Å². The molecule has 0 aliphatic heterocycles. The molecule has 0 amide bonds. The number of allylic oxidation sites excluding steroid dienone is 7. The Bertz CT molecular complexity index is 2790. The minimum absolute atomic E-state index is 0.915. The van der Waals surface area contributed by atoms with Gasteiger partial charge in [0.15, 0.2) is 0 Å². The van der Waals surface area contributed by atoms with Crippen LogP contribution in [0.4, 0.5) is 0 Å². The molecule has 2 bridgehead atoms. The summed E-state index contributed by atoms with van der Waals surface area (Å²) < 4.78 is 5.16. The van der Waals surface area contributed by atoms with Crippen molar-refractivity contribution in [2.24, 2.45) is 0 Å². The largest absolute Gasteiger partial charge is 0.307 e. The van der Waals surface area contributed by atoms with E-state index in [0.717, 1.165) is 17.6 Å². The molecule has 10 rings (SSSR count). The number of hydrogen-bond donors (Lipinski definition) is 0. The van der Waals surface area contributed by atoms with Gasteiger partial charge in [0.05, 0.1) is 21.4 Å². The molecule has 0 saturated heterocycles. The standard InChI is InChI=1S/C45H29NS/c1-3-30-33(21-20-31-29-13-5-4-12-28(26-29)27(2)43(30)31)34-24-25-41(35-15-7-6-14-32(34)35)46-40-18-10-8-16-36(40)38-22-23-39-37-17-9-11-19-42(37)47-45(39)44(38)46/h3-25H,1-2,26H2. The molecule has 0 spiro atoms. The van der Waals surface area contributed by atoms with Crippen molar-refractivity contribution in [1.29, 1.82) is 0 Å². The smallest absolute Gasteiger partial charge is 0.0720 e. The van der Waals surface area contributed by atoms with E-state index in [1.54, 1.807) is 0 Å². The summed E-state index contributed by atoms with van der Waals surface area (Å²) >= 11 is 1.89. The molecule has 2 heteroatoms. The maximum absolute atomic E-state index is 4.59. The molecule has 6 aromatic carbocycles. The lowest BCUT2D eigenvalue weighted by Gasteiger charge is -2.27. The van der Waals surface area contributed by atoms with Gasteiger partial charge in [0, 0.05) is 31.6 Å². The van der Waals surface area contributed by atoms with Crippen molar-refractivity contribution in [2.45, 2.75) is 6.42 Å². The average molecular weight is 616 g/mol. The summed E-state index contributed by atoms with van der Waals surface area (Å²) in [7, 11) is 0. The monoisotopic (exact) mass is 615 g/mol. The maximum Gasteiger partial charge on any atom is 0.0720 e. The van der Waals surface area contributed by atoms with Crippen LogP contribution in [-0.2, 0) is 0 Å². The number of thiophene rings is 1. The molecule has 1 nitrogen and oxygen atoms in total. The lowest BCUT2D eigenvalue weighted by Crippen LogP contribution is -2.06. The zero-order chi connectivity index (χ0) is 31.2. The molecule has 2 aliphatic rings. The third kappa shape index (κ3) is 3.65. The number of para-hydroxylation sites is 1. The molecule has 8 aromatic rings. The van der Waals surface area contributed by atoms with Crippen molar-refractivity contribution >= 4 is 81.3 Å². The molecule has 0 N–H and O–H groups in total. The van der Waals surface area contributed by atoms with Crippen LogP contribution in [0.2, 0.25) is 0 Å². The average Bonchev–Trinajstić information content (AvgIpc) is 3.57. The van der Waals surface area contributed by atoms with Crippen LogP contribution in [0.1, 0.15) is 23.1 Å². The van der Waals surface area contributed by atoms with Gasteiger partial charge in [-0.3, -0.25) is 0 Å². The molecule has 0 radical (unpaired) electrons. The highest BCUT2D eigenvalue weighted by atomic mass is 32.1. The minimum atomic E-state index is 0.915. The predicted molar refractivity (Wildman–Crippen MR) is 206 cm³/mol. The third-order valence-corrected chi connectivity index (χ3v) is 11.4. The number of benzene rings is 6. The van der Waals surface area contributed by atoms with Crippen molar-refractivity contribution in [3.05, 3.63) is 169 Å². The van der Waals surface area contributed by atoms with Crippen LogP contribution < -0.4 is 0 Å². The molecular weight excluding hydrogens is 587 g/mol. The number of nitrogens with zero attached hydrogens (tertiary/aromatic N) is 1. The van der Waals surface area contributed by atoms with E-state index in [9.17, 15) is 0 Å².